The van der Waals surface area contributed by atoms with Crippen molar-refractivity contribution in [1.29, 1.82) is 0 Å². The predicted molar refractivity (Wildman–Crippen MR) is 106 cm³/mol. The van der Waals surface area contributed by atoms with E-state index in [4.69, 9.17) is 27.9 Å². The number of nitrogens with zero attached hydrogens (tertiary/aromatic N) is 1. The number of nitrogens with one attached hydrogen (secondary N) is 1. The van der Waals surface area contributed by atoms with Crippen molar-refractivity contribution in [3.63, 3.8) is 0 Å². The molecule has 0 spiro atoms. The van der Waals surface area contributed by atoms with E-state index in [2.05, 4.69) is 5.32 Å². The molecule has 1 amide bonds. The number of carbonyl (C=O) groups is 1. The van der Waals surface area contributed by atoms with Gasteiger partial charge in [0.25, 0.3) is 11.6 Å². The summed E-state index contributed by atoms with van der Waals surface area (Å²) in [5, 5.41) is 15.8. The topological polar surface area (TPSA) is 81.5 Å². The van der Waals surface area contributed by atoms with E-state index in [-0.39, 0.29) is 23.2 Å². The fourth-order valence-electron chi connectivity index (χ4n) is 2.19. The summed E-state index contributed by atoms with van der Waals surface area (Å²) in [7, 11) is 0. The Hall–Kier alpha value is -2.61. The summed E-state index contributed by atoms with van der Waals surface area (Å²) in [5.41, 5.74) is 1.24. The molecule has 0 aliphatic rings. The van der Waals surface area contributed by atoms with Crippen molar-refractivity contribution >= 4 is 51.8 Å². The first kappa shape index (κ1) is 19.2. The molecule has 9 heteroatoms. The number of hydrogen-bond donors (Lipinski definition) is 1. The van der Waals surface area contributed by atoms with E-state index in [1.54, 1.807) is 29.6 Å². The Labute approximate surface area is 168 Å². The van der Waals surface area contributed by atoms with Gasteiger partial charge in [0.1, 0.15) is 12.4 Å². The molecular weight excluding hydrogens is 411 g/mol. The number of halogens is 2. The van der Waals surface area contributed by atoms with Crippen LogP contribution in [0.2, 0.25) is 10.0 Å². The van der Waals surface area contributed by atoms with Gasteiger partial charge in [-0.2, -0.15) is 0 Å². The summed E-state index contributed by atoms with van der Waals surface area (Å²) in [4.78, 5) is 23.0. The molecule has 3 aromatic rings. The predicted octanol–water partition coefficient (Wildman–Crippen LogP) is 5.79. The number of amides is 1. The number of non-ortho nitro benzene ring substituents is 1. The van der Waals surface area contributed by atoms with E-state index in [9.17, 15) is 14.9 Å². The molecule has 1 N–H and O–H groups in total. The number of thiophene rings is 1. The molecule has 0 radical (unpaired) electrons. The maximum absolute atomic E-state index is 12.4. The highest BCUT2D eigenvalue weighted by Crippen LogP contribution is 2.30. The number of benzene rings is 2. The van der Waals surface area contributed by atoms with Crippen LogP contribution in [0.1, 0.15) is 15.2 Å². The SMILES string of the molecule is O=C(Nc1cccc(Cl)c1Cl)c1cc(COc2ccc([N+](=O)[O-])cc2)cs1. The summed E-state index contributed by atoms with van der Waals surface area (Å²) in [6, 6.07) is 12.5. The Bertz CT molecular complexity index is 989. The molecule has 0 saturated carbocycles. The van der Waals surface area contributed by atoms with Crippen molar-refractivity contribution in [2.75, 3.05) is 5.32 Å². The van der Waals surface area contributed by atoms with Crippen LogP contribution in [0.25, 0.3) is 0 Å². The summed E-state index contributed by atoms with van der Waals surface area (Å²) < 4.78 is 5.59. The Morgan fingerprint density at radius 1 is 1.19 bits per heavy atom. The van der Waals surface area contributed by atoms with Crippen molar-refractivity contribution in [3.8, 4) is 5.75 Å². The van der Waals surface area contributed by atoms with Crippen LogP contribution in [0.3, 0.4) is 0 Å². The van der Waals surface area contributed by atoms with Crippen molar-refractivity contribution in [2.45, 2.75) is 6.61 Å². The first-order valence-corrected chi connectivity index (χ1v) is 9.27. The van der Waals surface area contributed by atoms with Gasteiger partial charge in [-0.3, -0.25) is 14.9 Å². The Kier molecular flexibility index (Phi) is 5.95. The zero-order valence-electron chi connectivity index (χ0n) is 13.6. The van der Waals surface area contributed by atoms with Gasteiger partial charge < -0.3 is 10.1 Å². The van der Waals surface area contributed by atoms with Crippen LogP contribution in [-0.4, -0.2) is 10.8 Å². The fraction of sp³-hybridized carbons (Fsp3) is 0.0556. The third kappa shape index (κ3) is 4.77. The molecule has 27 heavy (non-hydrogen) atoms. The van der Waals surface area contributed by atoms with E-state index in [0.29, 0.717) is 21.3 Å². The lowest BCUT2D eigenvalue weighted by Crippen LogP contribution is -2.10. The molecule has 138 valence electrons. The van der Waals surface area contributed by atoms with Crippen LogP contribution in [0, 0.1) is 10.1 Å². The van der Waals surface area contributed by atoms with Gasteiger partial charge in [-0.25, -0.2) is 0 Å². The molecule has 0 aliphatic heterocycles. The van der Waals surface area contributed by atoms with E-state index < -0.39 is 4.92 Å². The molecular formula is C18H12Cl2N2O4S. The number of nitro groups is 1. The van der Waals surface area contributed by atoms with Crippen LogP contribution < -0.4 is 10.1 Å². The number of carbonyl (C=O) groups excluding carboxylic acids is 1. The third-order valence-electron chi connectivity index (χ3n) is 3.53. The largest absolute Gasteiger partial charge is 0.489 e. The Morgan fingerprint density at radius 2 is 1.93 bits per heavy atom. The minimum absolute atomic E-state index is 0.00323. The normalized spacial score (nSPS) is 10.4. The summed E-state index contributed by atoms with van der Waals surface area (Å²) in [5.74, 6) is 0.203. The van der Waals surface area contributed by atoms with Crippen LogP contribution in [-0.2, 0) is 6.61 Å². The molecule has 1 heterocycles. The smallest absolute Gasteiger partial charge is 0.269 e. The molecule has 0 saturated heterocycles. The van der Waals surface area contributed by atoms with Gasteiger partial charge in [0.15, 0.2) is 0 Å². The first-order chi connectivity index (χ1) is 12.9. The average Bonchev–Trinajstić information content (AvgIpc) is 3.13. The third-order valence-corrected chi connectivity index (χ3v) is 5.33. The number of anilines is 1. The monoisotopic (exact) mass is 422 g/mol. The molecule has 0 fully saturated rings. The van der Waals surface area contributed by atoms with Crippen LogP contribution in [0.5, 0.6) is 5.75 Å². The minimum Gasteiger partial charge on any atom is -0.489 e. The van der Waals surface area contributed by atoms with Crippen molar-refractivity contribution in [1.82, 2.24) is 0 Å². The van der Waals surface area contributed by atoms with E-state index in [1.165, 1.54) is 35.6 Å². The second kappa shape index (κ2) is 8.39. The second-order valence-corrected chi connectivity index (χ2v) is 7.11. The maximum atomic E-state index is 12.4. The lowest BCUT2D eigenvalue weighted by atomic mass is 10.3. The molecule has 0 unspecified atom stereocenters. The van der Waals surface area contributed by atoms with Gasteiger partial charge in [-0.15, -0.1) is 11.3 Å². The quantitative estimate of drug-likeness (QED) is 0.402. The average molecular weight is 423 g/mol. The van der Waals surface area contributed by atoms with Gasteiger partial charge >= 0.3 is 0 Å². The summed E-state index contributed by atoms with van der Waals surface area (Å²) in [6.45, 7) is 0.236. The standard InChI is InChI=1S/C18H12Cl2N2O4S/c19-14-2-1-3-15(17(14)20)21-18(23)16-8-11(10-27-16)9-26-13-6-4-12(5-7-13)22(24)25/h1-8,10H,9H2,(H,21,23). The van der Waals surface area contributed by atoms with Crippen LogP contribution in [0.15, 0.2) is 53.9 Å². The van der Waals surface area contributed by atoms with E-state index in [0.717, 1.165) is 5.56 Å². The van der Waals surface area contributed by atoms with E-state index >= 15 is 0 Å². The van der Waals surface area contributed by atoms with Gasteiger partial charge in [-0.05, 0) is 35.7 Å². The molecule has 2 aromatic carbocycles. The number of hydrogen-bond acceptors (Lipinski definition) is 5. The lowest BCUT2D eigenvalue weighted by molar-refractivity contribution is -0.384. The van der Waals surface area contributed by atoms with Crippen molar-refractivity contribution < 1.29 is 14.5 Å². The summed E-state index contributed by atoms with van der Waals surface area (Å²) >= 11 is 13.3. The molecule has 0 atom stereocenters. The van der Waals surface area contributed by atoms with Gasteiger partial charge in [0, 0.05) is 17.7 Å². The highest BCUT2D eigenvalue weighted by atomic mass is 35.5. The Morgan fingerprint density at radius 3 is 2.63 bits per heavy atom. The maximum Gasteiger partial charge on any atom is 0.269 e. The highest BCUT2D eigenvalue weighted by molar-refractivity contribution is 7.12. The second-order valence-electron chi connectivity index (χ2n) is 5.41. The molecule has 1 aromatic heterocycles. The Balaban J connectivity index is 1.61. The van der Waals surface area contributed by atoms with Gasteiger partial charge in [0.05, 0.1) is 25.5 Å². The molecule has 3 rings (SSSR count). The number of nitro benzene ring substituents is 1. The zero-order chi connectivity index (χ0) is 19.4. The summed E-state index contributed by atoms with van der Waals surface area (Å²) in [6.07, 6.45) is 0. The molecule has 0 aliphatic carbocycles. The number of rotatable bonds is 6. The lowest BCUT2D eigenvalue weighted by Gasteiger charge is -2.07. The van der Waals surface area contributed by atoms with E-state index in [1.807, 2.05) is 0 Å². The minimum atomic E-state index is -0.473. The van der Waals surface area contributed by atoms with Crippen molar-refractivity contribution in [3.05, 3.63) is 84.5 Å². The van der Waals surface area contributed by atoms with Gasteiger partial charge in [0.2, 0.25) is 0 Å². The van der Waals surface area contributed by atoms with Crippen molar-refractivity contribution in [2.24, 2.45) is 0 Å². The molecule has 6 nitrogen and oxygen atoms in total. The zero-order valence-corrected chi connectivity index (χ0v) is 16.0. The fourth-order valence-corrected chi connectivity index (χ4v) is 3.33. The first-order valence-electron chi connectivity index (χ1n) is 7.64. The molecule has 0 bridgehead atoms. The van der Waals surface area contributed by atoms with Crippen LogP contribution in [0.4, 0.5) is 11.4 Å². The number of ether oxygens (including phenoxy) is 1. The van der Waals surface area contributed by atoms with Gasteiger partial charge in [-0.1, -0.05) is 29.3 Å². The highest BCUT2D eigenvalue weighted by Gasteiger charge is 2.13. The van der Waals surface area contributed by atoms with Crippen LogP contribution >= 0.6 is 34.5 Å².